The first-order valence-corrected chi connectivity index (χ1v) is 12.1. The van der Waals surface area contributed by atoms with Crippen LogP contribution in [0.2, 0.25) is 0 Å². The first-order valence-electron chi connectivity index (χ1n) is 9.53. The van der Waals surface area contributed by atoms with Gasteiger partial charge in [0.2, 0.25) is 11.0 Å². The van der Waals surface area contributed by atoms with Crippen LogP contribution in [0.3, 0.4) is 0 Å². The smallest absolute Gasteiger partial charge is 0.257 e. The number of thioether (sulfide) groups is 1. The van der Waals surface area contributed by atoms with E-state index < -0.39 is 0 Å². The molecule has 0 radical (unpaired) electrons. The molecule has 0 aliphatic heterocycles. The largest absolute Gasteiger partial charge is 0.492 e. The quantitative estimate of drug-likeness (QED) is 0.307. The second-order valence-electron chi connectivity index (χ2n) is 6.29. The van der Waals surface area contributed by atoms with E-state index in [0.717, 1.165) is 27.1 Å². The van der Waals surface area contributed by atoms with E-state index in [0.29, 0.717) is 29.3 Å². The molecule has 3 heterocycles. The van der Waals surface area contributed by atoms with Crippen molar-refractivity contribution in [1.29, 1.82) is 0 Å². The van der Waals surface area contributed by atoms with Crippen LogP contribution in [0.4, 0.5) is 10.8 Å². The van der Waals surface area contributed by atoms with Crippen molar-refractivity contribution in [3.63, 3.8) is 0 Å². The summed E-state index contributed by atoms with van der Waals surface area (Å²) >= 11 is 4.70. The maximum atomic E-state index is 5.84. The molecule has 0 unspecified atom stereocenters. The Bertz CT molecular complexity index is 1120. The summed E-state index contributed by atoms with van der Waals surface area (Å²) in [5, 5.41) is 20.8. The number of anilines is 2. The number of hydrogen-bond donors (Lipinski definition) is 1. The molecule has 0 spiro atoms. The summed E-state index contributed by atoms with van der Waals surface area (Å²) in [5.41, 5.74) is 2.14. The fourth-order valence-electron chi connectivity index (χ4n) is 2.80. The Hall–Kier alpha value is -2.43. The molecule has 1 N–H and O–H groups in total. The first-order chi connectivity index (χ1) is 14.7. The molecule has 0 saturated heterocycles. The lowest BCUT2D eigenvalue weighted by atomic mass is 10.2. The van der Waals surface area contributed by atoms with E-state index in [9.17, 15) is 0 Å². The van der Waals surface area contributed by atoms with Gasteiger partial charge in [-0.2, -0.15) is 0 Å². The van der Waals surface area contributed by atoms with Gasteiger partial charge in [-0.05, 0) is 44.0 Å². The molecule has 4 rings (SSSR count). The van der Waals surface area contributed by atoms with Crippen LogP contribution in [0, 0.1) is 6.92 Å². The monoisotopic (exact) mass is 459 g/mol. The highest BCUT2D eigenvalue weighted by molar-refractivity contribution is 8.00. The number of ether oxygens (including phenoxy) is 1. The Morgan fingerprint density at radius 1 is 1.10 bits per heavy atom. The molecule has 30 heavy (non-hydrogen) atoms. The first kappa shape index (κ1) is 20.8. The third kappa shape index (κ3) is 4.82. The van der Waals surface area contributed by atoms with Crippen molar-refractivity contribution in [2.24, 2.45) is 0 Å². The molecule has 0 aliphatic carbocycles. The van der Waals surface area contributed by atoms with Gasteiger partial charge in [0.25, 0.3) is 5.89 Å². The molecule has 4 aromatic rings. The summed E-state index contributed by atoms with van der Waals surface area (Å²) in [6.07, 6.45) is 1.01. The molecule has 10 heteroatoms. The molecule has 156 valence electrons. The topological polar surface area (TPSA) is 86.0 Å². The molecule has 0 amide bonds. The second kappa shape index (κ2) is 9.59. The van der Waals surface area contributed by atoms with Crippen molar-refractivity contribution in [3.8, 4) is 16.5 Å². The van der Waals surface area contributed by atoms with Crippen LogP contribution in [0.25, 0.3) is 10.8 Å². The molecule has 0 saturated carbocycles. The van der Waals surface area contributed by atoms with Crippen LogP contribution in [0.15, 0.2) is 39.1 Å². The highest BCUT2D eigenvalue weighted by Crippen LogP contribution is 2.34. The van der Waals surface area contributed by atoms with E-state index in [1.165, 1.54) is 33.5 Å². The molecule has 0 aliphatic rings. The van der Waals surface area contributed by atoms with E-state index >= 15 is 0 Å². The van der Waals surface area contributed by atoms with Gasteiger partial charge in [0, 0.05) is 4.88 Å². The van der Waals surface area contributed by atoms with Gasteiger partial charge in [-0.1, -0.05) is 42.2 Å². The summed E-state index contributed by atoms with van der Waals surface area (Å²) in [6, 6.07) is 9.88. The van der Waals surface area contributed by atoms with Crippen LogP contribution < -0.4 is 10.1 Å². The maximum absolute atomic E-state index is 5.84. The SMILES string of the molecule is CCOc1ccccc1Nc1nnc(SCc2nnc(-c3cc(C)c(CC)s3)o2)s1. The third-order valence-electron chi connectivity index (χ3n) is 4.17. The van der Waals surface area contributed by atoms with Crippen LogP contribution in [0.1, 0.15) is 30.2 Å². The fourth-order valence-corrected chi connectivity index (χ4v) is 5.43. The Labute approximate surface area is 186 Å². The third-order valence-corrected chi connectivity index (χ3v) is 7.50. The van der Waals surface area contributed by atoms with Gasteiger partial charge in [-0.25, -0.2) is 0 Å². The lowest BCUT2D eigenvalue weighted by molar-refractivity contribution is 0.342. The highest BCUT2D eigenvalue weighted by Gasteiger charge is 2.14. The van der Waals surface area contributed by atoms with Gasteiger partial charge in [-0.3, -0.25) is 0 Å². The highest BCUT2D eigenvalue weighted by atomic mass is 32.2. The molecule has 3 aromatic heterocycles. The molecule has 0 atom stereocenters. The number of rotatable bonds is 9. The Morgan fingerprint density at radius 2 is 1.97 bits per heavy atom. The second-order valence-corrected chi connectivity index (χ2v) is 9.62. The summed E-state index contributed by atoms with van der Waals surface area (Å²) < 4.78 is 12.3. The van der Waals surface area contributed by atoms with Crippen molar-refractivity contribution in [1.82, 2.24) is 20.4 Å². The molecule has 1 aromatic carbocycles. The number of aromatic nitrogens is 4. The minimum absolute atomic E-state index is 0.544. The zero-order valence-corrected chi connectivity index (χ0v) is 19.3. The van der Waals surface area contributed by atoms with E-state index in [2.05, 4.69) is 45.6 Å². The molecular weight excluding hydrogens is 438 g/mol. The van der Waals surface area contributed by atoms with E-state index in [1.54, 1.807) is 11.3 Å². The number of thiophene rings is 1. The summed E-state index contributed by atoms with van der Waals surface area (Å²) in [6.45, 7) is 6.83. The summed E-state index contributed by atoms with van der Waals surface area (Å²) in [5.74, 6) is 2.48. The van der Waals surface area contributed by atoms with Gasteiger partial charge in [-0.15, -0.1) is 31.7 Å². The van der Waals surface area contributed by atoms with Crippen molar-refractivity contribution in [3.05, 3.63) is 46.7 Å². The Morgan fingerprint density at radius 3 is 2.77 bits per heavy atom. The van der Waals surface area contributed by atoms with E-state index in [1.807, 2.05) is 31.2 Å². The average Bonchev–Trinajstić information content (AvgIpc) is 3.48. The number of nitrogens with zero attached hydrogens (tertiary/aromatic N) is 4. The van der Waals surface area contributed by atoms with Crippen LogP contribution >= 0.6 is 34.4 Å². The van der Waals surface area contributed by atoms with Crippen LogP contribution in [-0.4, -0.2) is 27.0 Å². The van der Waals surface area contributed by atoms with Crippen molar-refractivity contribution < 1.29 is 9.15 Å². The molecular formula is C20H21N5O2S3. The Kier molecular flexibility index (Phi) is 6.66. The lowest BCUT2D eigenvalue weighted by Crippen LogP contribution is -1.97. The Balaban J connectivity index is 1.38. The summed E-state index contributed by atoms with van der Waals surface area (Å²) in [4.78, 5) is 2.36. The van der Waals surface area contributed by atoms with E-state index in [-0.39, 0.29) is 0 Å². The molecule has 0 fully saturated rings. The van der Waals surface area contributed by atoms with Gasteiger partial charge in [0.1, 0.15) is 5.75 Å². The van der Waals surface area contributed by atoms with E-state index in [4.69, 9.17) is 9.15 Å². The van der Waals surface area contributed by atoms with Crippen LogP contribution in [0.5, 0.6) is 5.75 Å². The lowest BCUT2D eigenvalue weighted by Gasteiger charge is -2.09. The van der Waals surface area contributed by atoms with Crippen LogP contribution in [-0.2, 0) is 12.2 Å². The van der Waals surface area contributed by atoms with Gasteiger partial charge >= 0.3 is 0 Å². The normalized spacial score (nSPS) is 11.0. The van der Waals surface area contributed by atoms with Gasteiger partial charge in [0.05, 0.1) is 22.9 Å². The number of aryl methyl sites for hydroxylation is 2. The van der Waals surface area contributed by atoms with Gasteiger partial charge < -0.3 is 14.5 Å². The van der Waals surface area contributed by atoms with Gasteiger partial charge in [0.15, 0.2) is 4.34 Å². The standard InChI is InChI=1S/C20H21N5O2S3/c1-4-15-12(3)10-16(29-15)18-23-22-17(27-18)11-28-20-25-24-19(30-20)21-13-8-6-7-9-14(13)26-5-2/h6-10H,4-5,11H2,1-3H3,(H,21,24). The predicted octanol–water partition coefficient (Wildman–Crippen LogP) is 5.96. The minimum atomic E-state index is 0.544. The van der Waals surface area contributed by atoms with Crippen molar-refractivity contribution in [2.45, 2.75) is 37.3 Å². The fraction of sp³-hybridized carbons (Fsp3) is 0.300. The number of para-hydroxylation sites is 2. The summed E-state index contributed by atoms with van der Waals surface area (Å²) in [7, 11) is 0. The zero-order valence-electron chi connectivity index (χ0n) is 16.8. The zero-order chi connectivity index (χ0) is 20.9. The number of nitrogens with one attached hydrogen (secondary N) is 1. The predicted molar refractivity (Wildman–Crippen MR) is 122 cm³/mol. The molecule has 7 nitrogen and oxygen atoms in total. The number of hydrogen-bond acceptors (Lipinski definition) is 10. The van der Waals surface area contributed by atoms with Crippen molar-refractivity contribution >= 4 is 45.3 Å². The molecule has 0 bridgehead atoms. The average molecular weight is 460 g/mol. The number of benzene rings is 1. The minimum Gasteiger partial charge on any atom is -0.492 e. The van der Waals surface area contributed by atoms with Crippen molar-refractivity contribution in [2.75, 3.05) is 11.9 Å². The maximum Gasteiger partial charge on any atom is 0.257 e.